The molecule has 0 atom stereocenters. The highest BCUT2D eigenvalue weighted by Crippen LogP contribution is 2.30. The Morgan fingerprint density at radius 1 is 1.53 bits per heavy atom. The van der Waals surface area contributed by atoms with E-state index < -0.39 is 0 Å². The van der Waals surface area contributed by atoms with Gasteiger partial charge in [-0.15, -0.1) is 0 Å². The fourth-order valence-corrected chi connectivity index (χ4v) is 1.39. The summed E-state index contributed by atoms with van der Waals surface area (Å²) in [7, 11) is 0. The third kappa shape index (κ3) is 2.34. The van der Waals surface area contributed by atoms with Crippen molar-refractivity contribution in [1.82, 2.24) is 4.98 Å². The van der Waals surface area contributed by atoms with Crippen molar-refractivity contribution in [2.24, 2.45) is 0 Å². The van der Waals surface area contributed by atoms with Crippen LogP contribution in [0.3, 0.4) is 0 Å². The van der Waals surface area contributed by atoms with E-state index in [0.717, 1.165) is 11.3 Å². The highest BCUT2D eigenvalue weighted by molar-refractivity contribution is 5.31. The third-order valence-electron chi connectivity index (χ3n) is 2.04. The number of ether oxygens (including phenoxy) is 3. The zero-order chi connectivity index (χ0) is 10.5. The summed E-state index contributed by atoms with van der Waals surface area (Å²) in [6, 6.07) is 1.80. The molecule has 1 aromatic heterocycles. The van der Waals surface area contributed by atoms with Crippen LogP contribution in [0.2, 0.25) is 0 Å². The van der Waals surface area contributed by atoms with Crippen LogP contribution in [0.1, 0.15) is 11.9 Å². The van der Waals surface area contributed by atoms with Crippen LogP contribution in [0.5, 0.6) is 5.75 Å². The molecule has 4 heteroatoms. The van der Waals surface area contributed by atoms with Gasteiger partial charge in [0.1, 0.15) is 12.4 Å². The van der Waals surface area contributed by atoms with Crippen molar-refractivity contribution in [3.8, 4) is 5.75 Å². The van der Waals surface area contributed by atoms with Crippen LogP contribution in [-0.2, 0) is 9.47 Å². The maximum absolute atomic E-state index is 5.48. The average Bonchev–Trinajstić information content (AvgIpc) is 2.80. The van der Waals surface area contributed by atoms with E-state index in [1.165, 1.54) is 0 Å². The van der Waals surface area contributed by atoms with Gasteiger partial charge in [0, 0.05) is 12.4 Å². The summed E-state index contributed by atoms with van der Waals surface area (Å²) in [6.45, 7) is 5.28. The first-order chi connectivity index (χ1) is 7.42. The van der Waals surface area contributed by atoms with Crippen LogP contribution in [0, 0.1) is 0 Å². The van der Waals surface area contributed by atoms with Crippen LogP contribution < -0.4 is 4.74 Å². The quantitative estimate of drug-likeness (QED) is 0.704. The maximum Gasteiger partial charge on any atom is 0.189 e. The van der Waals surface area contributed by atoms with Crippen LogP contribution in [0.15, 0.2) is 31.1 Å². The zero-order valence-corrected chi connectivity index (χ0v) is 8.39. The summed E-state index contributed by atoms with van der Waals surface area (Å²) < 4.78 is 16.3. The van der Waals surface area contributed by atoms with Gasteiger partial charge in [-0.25, -0.2) is 0 Å². The lowest BCUT2D eigenvalue weighted by molar-refractivity contribution is -0.0458. The van der Waals surface area contributed by atoms with Gasteiger partial charge < -0.3 is 14.2 Å². The van der Waals surface area contributed by atoms with E-state index in [4.69, 9.17) is 14.2 Å². The normalized spacial score (nSPS) is 16.5. The average molecular weight is 207 g/mol. The molecule has 0 bridgehead atoms. The van der Waals surface area contributed by atoms with Crippen molar-refractivity contribution < 1.29 is 14.2 Å². The standard InChI is InChI=1S/C11H13NO3/c1-2-5-13-10-3-4-12-8-9(10)11-14-6-7-15-11/h2-4,8,11H,1,5-7H2. The van der Waals surface area contributed by atoms with Crippen molar-refractivity contribution in [2.75, 3.05) is 19.8 Å². The molecule has 1 fully saturated rings. The summed E-state index contributed by atoms with van der Waals surface area (Å²) in [5.41, 5.74) is 0.830. The molecule has 0 spiro atoms. The van der Waals surface area contributed by atoms with E-state index in [0.29, 0.717) is 19.8 Å². The molecule has 2 heterocycles. The molecule has 0 amide bonds. The molecular weight excluding hydrogens is 194 g/mol. The summed E-state index contributed by atoms with van der Waals surface area (Å²) in [5, 5.41) is 0. The van der Waals surface area contributed by atoms with Crippen LogP contribution in [0.4, 0.5) is 0 Å². The van der Waals surface area contributed by atoms with Crippen LogP contribution in [0.25, 0.3) is 0 Å². The highest BCUT2D eigenvalue weighted by atomic mass is 16.7. The topological polar surface area (TPSA) is 40.6 Å². The van der Waals surface area contributed by atoms with Crippen LogP contribution in [-0.4, -0.2) is 24.8 Å². The molecule has 1 saturated heterocycles. The second-order valence-electron chi connectivity index (χ2n) is 3.09. The Kier molecular flexibility index (Phi) is 3.32. The van der Waals surface area contributed by atoms with Gasteiger partial charge in [0.2, 0.25) is 0 Å². The Balaban J connectivity index is 2.16. The lowest BCUT2D eigenvalue weighted by Crippen LogP contribution is -2.04. The van der Waals surface area contributed by atoms with Gasteiger partial charge in [0.25, 0.3) is 0 Å². The summed E-state index contributed by atoms with van der Waals surface area (Å²) >= 11 is 0. The second kappa shape index (κ2) is 4.91. The molecule has 0 unspecified atom stereocenters. The van der Waals surface area contributed by atoms with E-state index >= 15 is 0 Å². The highest BCUT2D eigenvalue weighted by Gasteiger charge is 2.22. The van der Waals surface area contributed by atoms with Crippen molar-refractivity contribution in [2.45, 2.75) is 6.29 Å². The van der Waals surface area contributed by atoms with Gasteiger partial charge in [-0.3, -0.25) is 4.98 Å². The number of nitrogens with zero attached hydrogens (tertiary/aromatic N) is 1. The molecule has 1 aliphatic heterocycles. The molecular formula is C11H13NO3. The Hall–Kier alpha value is -1.39. The lowest BCUT2D eigenvalue weighted by Gasteiger charge is -2.13. The monoisotopic (exact) mass is 207 g/mol. The van der Waals surface area contributed by atoms with Gasteiger partial charge in [0.05, 0.1) is 18.8 Å². The van der Waals surface area contributed by atoms with Crippen molar-refractivity contribution in [3.05, 3.63) is 36.7 Å². The second-order valence-corrected chi connectivity index (χ2v) is 3.09. The molecule has 1 aliphatic rings. The molecule has 2 rings (SSSR count). The third-order valence-corrected chi connectivity index (χ3v) is 2.04. The Morgan fingerprint density at radius 2 is 2.33 bits per heavy atom. The largest absolute Gasteiger partial charge is 0.489 e. The molecule has 4 nitrogen and oxygen atoms in total. The molecule has 1 aromatic rings. The van der Waals surface area contributed by atoms with E-state index in [1.807, 2.05) is 0 Å². The number of pyridine rings is 1. The van der Waals surface area contributed by atoms with Crippen molar-refractivity contribution in [1.29, 1.82) is 0 Å². The van der Waals surface area contributed by atoms with Crippen molar-refractivity contribution in [3.63, 3.8) is 0 Å². The molecule has 0 N–H and O–H groups in total. The minimum Gasteiger partial charge on any atom is -0.489 e. The SMILES string of the molecule is C=CCOc1ccncc1C1OCCO1. The number of aromatic nitrogens is 1. The Labute approximate surface area is 88.5 Å². The number of hydrogen-bond donors (Lipinski definition) is 0. The van der Waals surface area contributed by atoms with Gasteiger partial charge in [0.15, 0.2) is 6.29 Å². The lowest BCUT2D eigenvalue weighted by atomic mass is 10.2. The summed E-state index contributed by atoms with van der Waals surface area (Å²) in [5.74, 6) is 0.733. The maximum atomic E-state index is 5.48. The van der Waals surface area contributed by atoms with E-state index in [1.54, 1.807) is 24.5 Å². The summed E-state index contributed by atoms with van der Waals surface area (Å²) in [6.07, 6.45) is 4.73. The fourth-order valence-electron chi connectivity index (χ4n) is 1.39. The number of rotatable bonds is 4. The Bertz CT molecular complexity index is 334. The van der Waals surface area contributed by atoms with Crippen molar-refractivity contribution >= 4 is 0 Å². The minimum absolute atomic E-state index is 0.349. The van der Waals surface area contributed by atoms with Gasteiger partial charge in [-0.1, -0.05) is 12.7 Å². The molecule has 0 aromatic carbocycles. The fraction of sp³-hybridized carbons (Fsp3) is 0.364. The van der Waals surface area contributed by atoms with Gasteiger partial charge >= 0.3 is 0 Å². The van der Waals surface area contributed by atoms with Gasteiger partial charge in [-0.2, -0.15) is 0 Å². The van der Waals surface area contributed by atoms with E-state index in [-0.39, 0.29) is 6.29 Å². The predicted octanol–water partition coefficient (Wildman–Crippen LogP) is 1.69. The minimum atomic E-state index is -0.349. The predicted molar refractivity (Wildman–Crippen MR) is 54.6 cm³/mol. The molecule has 80 valence electrons. The first kappa shape index (κ1) is 10.1. The van der Waals surface area contributed by atoms with E-state index in [9.17, 15) is 0 Å². The Morgan fingerprint density at radius 3 is 3.07 bits per heavy atom. The molecule has 0 radical (unpaired) electrons. The van der Waals surface area contributed by atoms with E-state index in [2.05, 4.69) is 11.6 Å². The smallest absolute Gasteiger partial charge is 0.189 e. The zero-order valence-electron chi connectivity index (χ0n) is 8.39. The molecule has 0 aliphatic carbocycles. The number of hydrogen-bond acceptors (Lipinski definition) is 4. The van der Waals surface area contributed by atoms with Gasteiger partial charge in [-0.05, 0) is 6.07 Å². The first-order valence-electron chi connectivity index (χ1n) is 4.82. The van der Waals surface area contributed by atoms with Crippen LogP contribution >= 0.6 is 0 Å². The molecule has 15 heavy (non-hydrogen) atoms. The first-order valence-corrected chi connectivity index (χ1v) is 4.82. The molecule has 0 saturated carbocycles. The summed E-state index contributed by atoms with van der Waals surface area (Å²) in [4.78, 5) is 4.03.